The number of aromatic nitrogens is 5. The summed E-state index contributed by atoms with van der Waals surface area (Å²) in [6.45, 7) is 2.22. The molecule has 96 valence electrons. The number of carbonyl (C=O) groups excluding carboxylic acids is 1. The largest absolute Gasteiger partial charge is 0.395 e. The Morgan fingerprint density at radius 1 is 1.61 bits per heavy atom. The normalized spacial score (nSPS) is 10.6. The summed E-state index contributed by atoms with van der Waals surface area (Å²) in [4.78, 5) is 11.8. The molecule has 1 amide bonds. The van der Waals surface area contributed by atoms with E-state index in [4.69, 9.17) is 5.73 Å². The molecular weight excluding hydrogens is 234 g/mol. The Morgan fingerprint density at radius 2 is 2.39 bits per heavy atom. The van der Waals surface area contributed by atoms with E-state index in [1.807, 2.05) is 7.05 Å². The zero-order chi connectivity index (χ0) is 13.1. The van der Waals surface area contributed by atoms with Gasteiger partial charge < -0.3 is 15.6 Å². The Hall–Kier alpha value is -2.38. The van der Waals surface area contributed by atoms with Crippen molar-refractivity contribution in [1.82, 2.24) is 30.3 Å². The fourth-order valence-corrected chi connectivity index (χ4v) is 1.52. The van der Waals surface area contributed by atoms with Crippen LogP contribution in [0.2, 0.25) is 0 Å². The van der Waals surface area contributed by atoms with Gasteiger partial charge in [0.1, 0.15) is 12.2 Å². The van der Waals surface area contributed by atoms with Gasteiger partial charge in [-0.05, 0) is 6.92 Å². The van der Waals surface area contributed by atoms with Crippen molar-refractivity contribution >= 4 is 11.6 Å². The van der Waals surface area contributed by atoms with Crippen molar-refractivity contribution in [2.45, 2.75) is 13.3 Å². The van der Waals surface area contributed by atoms with Crippen molar-refractivity contribution < 1.29 is 4.79 Å². The van der Waals surface area contributed by atoms with Crippen LogP contribution in [0.3, 0.4) is 0 Å². The molecular formula is C10H15N7O. The van der Waals surface area contributed by atoms with Gasteiger partial charge in [-0.15, -0.1) is 10.2 Å². The average molecular weight is 249 g/mol. The standard InChI is InChI=1S/C10H15N7O/c1-6-8(11)9(16-14-6)10(18)12-4-3-7-15-13-5-17(7)2/h5H,3-4,11H2,1-2H3,(H,12,18)(H,14,16). The maximum absolute atomic E-state index is 11.8. The molecule has 2 aromatic heterocycles. The first kappa shape index (κ1) is 12.1. The Bertz CT molecular complexity index is 556. The van der Waals surface area contributed by atoms with Crippen molar-refractivity contribution in [1.29, 1.82) is 0 Å². The second-order valence-electron chi connectivity index (χ2n) is 3.97. The summed E-state index contributed by atoms with van der Waals surface area (Å²) in [5.41, 5.74) is 7.01. The number of carbonyl (C=O) groups is 1. The van der Waals surface area contributed by atoms with Crippen molar-refractivity contribution in [3.8, 4) is 0 Å². The summed E-state index contributed by atoms with van der Waals surface area (Å²) in [5.74, 6) is 0.514. The van der Waals surface area contributed by atoms with Crippen molar-refractivity contribution in [3.63, 3.8) is 0 Å². The zero-order valence-corrected chi connectivity index (χ0v) is 10.3. The van der Waals surface area contributed by atoms with Crippen LogP contribution in [0.25, 0.3) is 0 Å². The number of hydrogen-bond donors (Lipinski definition) is 3. The number of amides is 1. The molecule has 0 spiro atoms. The van der Waals surface area contributed by atoms with Crippen molar-refractivity contribution in [2.24, 2.45) is 7.05 Å². The van der Waals surface area contributed by atoms with Crippen molar-refractivity contribution in [2.75, 3.05) is 12.3 Å². The first-order valence-corrected chi connectivity index (χ1v) is 5.51. The summed E-state index contributed by atoms with van der Waals surface area (Å²) in [5, 5.41) is 16.9. The quantitative estimate of drug-likeness (QED) is 0.669. The summed E-state index contributed by atoms with van der Waals surface area (Å²) in [6.07, 6.45) is 2.22. The lowest BCUT2D eigenvalue weighted by Gasteiger charge is -2.03. The van der Waals surface area contributed by atoms with Crippen LogP contribution in [0.5, 0.6) is 0 Å². The maximum Gasteiger partial charge on any atom is 0.273 e. The first-order chi connectivity index (χ1) is 8.59. The molecule has 0 aromatic carbocycles. The number of nitrogen functional groups attached to an aromatic ring is 1. The van der Waals surface area contributed by atoms with Crippen LogP contribution in [0.15, 0.2) is 6.33 Å². The van der Waals surface area contributed by atoms with Crippen LogP contribution in [0.4, 0.5) is 5.69 Å². The minimum Gasteiger partial charge on any atom is -0.395 e. The summed E-state index contributed by atoms with van der Waals surface area (Å²) >= 11 is 0. The van der Waals surface area contributed by atoms with Crippen LogP contribution >= 0.6 is 0 Å². The van der Waals surface area contributed by atoms with E-state index in [0.29, 0.717) is 24.3 Å². The monoisotopic (exact) mass is 249 g/mol. The van der Waals surface area contributed by atoms with E-state index in [2.05, 4.69) is 25.7 Å². The van der Waals surface area contributed by atoms with Gasteiger partial charge >= 0.3 is 0 Å². The third-order valence-corrected chi connectivity index (χ3v) is 2.65. The highest BCUT2D eigenvalue weighted by Crippen LogP contribution is 2.11. The molecule has 0 radical (unpaired) electrons. The van der Waals surface area contributed by atoms with E-state index in [1.165, 1.54) is 0 Å². The van der Waals surface area contributed by atoms with Gasteiger partial charge in [0.2, 0.25) is 0 Å². The minimum absolute atomic E-state index is 0.227. The molecule has 2 rings (SSSR count). The molecule has 8 nitrogen and oxygen atoms in total. The molecule has 2 heterocycles. The molecule has 0 saturated heterocycles. The lowest BCUT2D eigenvalue weighted by molar-refractivity contribution is 0.0950. The van der Waals surface area contributed by atoms with Crippen LogP contribution in [0, 0.1) is 6.92 Å². The van der Waals surface area contributed by atoms with Crippen LogP contribution in [-0.4, -0.2) is 37.4 Å². The third kappa shape index (κ3) is 2.31. The van der Waals surface area contributed by atoms with Gasteiger partial charge in [-0.2, -0.15) is 5.10 Å². The summed E-state index contributed by atoms with van der Waals surface area (Å²) in [6, 6.07) is 0. The number of aromatic amines is 1. The number of anilines is 1. The lowest BCUT2D eigenvalue weighted by Crippen LogP contribution is -2.27. The number of nitrogens with two attached hydrogens (primary N) is 1. The zero-order valence-electron chi connectivity index (χ0n) is 10.3. The number of nitrogens with one attached hydrogen (secondary N) is 2. The number of rotatable bonds is 4. The molecule has 0 aliphatic carbocycles. The van der Waals surface area contributed by atoms with E-state index in [1.54, 1.807) is 17.8 Å². The van der Waals surface area contributed by atoms with E-state index in [0.717, 1.165) is 5.82 Å². The predicted molar refractivity (Wildman–Crippen MR) is 64.8 cm³/mol. The predicted octanol–water partition coefficient (Wildman–Crippen LogP) is -0.599. The SMILES string of the molecule is Cc1[nH]nc(C(=O)NCCc2nncn2C)c1N. The Morgan fingerprint density at radius 3 is 2.94 bits per heavy atom. The summed E-state index contributed by atoms with van der Waals surface area (Å²) in [7, 11) is 1.85. The van der Waals surface area contributed by atoms with Gasteiger partial charge in [0, 0.05) is 20.0 Å². The van der Waals surface area contributed by atoms with Crippen LogP contribution in [0.1, 0.15) is 22.0 Å². The highest BCUT2D eigenvalue weighted by molar-refractivity contribution is 5.97. The van der Waals surface area contributed by atoms with E-state index in [-0.39, 0.29) is 11.6 Å². The number of hydrogen-bond acceptors (Lipinski definition) is 5. The Labute approximate surface area is 104 Å². The van der Waals surface area contributed by atoms with E-state index < -0.39 is 0 Å². The van der Waals surface area contributed by atoms with Crippen molar-refractivity contribution in [3.05, 3.63) is 23.5 Å². The average Bonchev–Trinajstić information content (AvgIpc) is 2.88. The van der Waals surface area contributed by atoms with Gasteiger partial charge in [0.15, 0.2) is 5.69 Å². The molecule has 8 heteroatoms. The Kier molecular flexibility index (Phi) is 3.26. The second kappa shape index (κ2) is 4.86. The molecule has 4 N–H and O–H groups in total. The molecule has 18 heavy (non-hydrogen) atoms. The molecule has 0 saturated carbocycles. The number of H-pyrrole nitrogens is 1. The maximum atomic E-state index is 11.8. The van der Waals surface area contributed by atoms with Gasteiger partial charge in [0.25, 0.3) is 5.91 Å². The van der Waals surface area contributed by atoms with Gasteiger partial charge in [-0.1, -0.05) is 0 Å². The minimum atomic E-state index is -0.293. The number of nitrogens with zero attached hydrogens (tertiary/aromatic N) is 4. The van der Waals surface area contributed by atoms with Gasteiger partial charge in [-0.25, -0.2) is 0 Å². The van der Waals surface area contributed by atoms with E-state index in [9.17, 15) is 4.79 Å². The first-order valence-electron chi connectivity index (χ1n) is 5.51. The highest BCUT2D eigenvalue weighted by Gasteiger charge is 2.14. The number of aryl methyl sites for hydroxylation is 2. The second-order valence-corrected chi connectivity index (χ2v) is 3.97. The lowest BCUT2D eigenvalue weighted by atomic mass is 10.3. The van der Waals surface area contributed by atoms with Crippen LogP contribution < -0.4 is 11.1 Å². The molecule has 0 bridgehead atoms. The highest BCUT2D eigenvalue weighted by atomic mass is 16.1. The van der Waals surface area contributed by atoms with Crippen LogP contribution in [-0.2, 0) is 13.5 Å². The summed E-state index contributed by atoms with van der Waals surface area (Å²) < 4.78 is 1.80. The fourth-order valence-electron chi connectivity index (χ4n) is 1.52. The third-order valence-electron chi connectivity index (χ3n) is 2.65. The molecule has 0 aliphatic rings. The Balaban J connectivity index is 1.89. The molecule has 0 atom stereocenters. The van der Waals surface area contributed by atoms with E-state index >= 15 is 0 Å². The molecule has 0 unspecified atom stereocenters. The fraction of sp³-hybridized carbons (Fsp3) is 0.400. The molecule has 0 aliphatic heterocycles. The van der Waals surface area contributed by atoms with Gasteiger partial charge in [0.05, 0.1) is 11.4 Å². The van der Waals surface area contributed by atoms with Gasteiger partial charge in [-0.3, -0.25) is 9.89 Å². The smallest absolute Gasteiger partial charge is 0.273 e. The molecule has 0 fully saturated rings. The molecule has 2 aromatic rings. The topological polar surface area (TPSA) is 115 Å².